The maximum Gasteiger partial charge on any atom is 0.311 e. The molecular weight excluding hydrogens is 376 g/mol. The van der Waals surface area contributed by atoms with Crippen molar-refractivity contribution in [3.63, 3.8) is 0 Å². The van der Waals surface area contributed by atoms with Crippen LogP contribution < -0.4 is 0 Å². The van der Waals surface area contributed by atoms with Crippen LogP contribution in [0.3, 0.4) is 0 Å². The van der Waals surface area contributed by atoms with Gasteiger partial charge in [0.2, 0.25) is 0 Å². The molecule has 0 saturated heterocycles. The minimum Gasteiger partial charge on any atom is -0.437 e. The Morgan fingerprint density at radius 2 is 0.885 bits per heavy atom. The van der Waals surface area contributed by atoms with Gasteiger partial charge in [0.1, 0.15) is 0 Å². The van der Waals surface area contributed by atoms with Gasteiger partial charge in [-0.05, 0) is 64.2 Å². The average molecular weight is 427 g/mol. The van der Waals surface area contributed by atoms with Crippen LogP contribution in [0.4, 0.5) is 0 Å². The molecule has 0 N–H and O–H groups in total. The molecular formula is C19H50O4Si3. The molecule has 0 bridgehead atoms. The smallest absolute Gasteiger partial charge is 0.311 e. The zero-order chi connectivity index (χ0) is 18.7. The summed E-state index contributed by atoms with van der Waals surface area (Å²) < 4.78 is 23.5. The zero-order valence-corrected chi connectivity index (χ0v) is 20.5. The minimum atomic E-state index is -2.05. The third-order valence-electron chi connectivity index (χ3n) is 4.05. The standard InChI is InChI=1S/C17H42O4Si3.2CH4/c1-18-14-10-9-12-16-22(3,4)20-24(7,8)21-23(5,6)17-13-11-15-19-2;;/h9-17H2,1-8H3;2*1H4. The van der Waals surface area contributed by atoms with Gasteiger partial charge in [-0.25, -0.2) is 0 Å². The lowest BCUT2D eigenvalue weighted by Gasteiger charge is -2.38. The summed E-state index contributed by atoms with van der Waals surface area (Å²) >= 11 is 0. The van der Waals surface area contributed by atoms with Crippen LogP contribution in [0.5, 0.6) is 0 Å². The Bertz CT molecular complexity index is 324. The normalized spacial score (nSPS) is 12.5. The highest BCUT2D eigenvalue weighted by atomic mass is 28.5. The molecule has 0 aromatic heterocycles. The lowest BCUT2D eigenvalue weighted by molar-refractivity contribution is 0.192. The van der Waals surface area contributed by atoms with Gasteiger partial charge in [-0.3, -0.25) is 0 Å². The molecule has 0 saturated carbocycles. The summed E-state index contributed by atoms with van der Waals surface area (Å²) in [6, 6.07) is 2.40. The number of methoxy groups -OCH3 is 2. The first kappa shape index (κ1) is 31.2. The highest BCUT2D eigenvalue weighted by molar-refractivity contribution is 6.87. The van der Waals surface area contributed by atoms with Crippen LogP contribution in [0.25, 0.3) is 0 Å². The molecule has 0 aliphatic carbocycles. The first-order chi connectivity index (χ1) is 11.0. The molecule has 26 heavy (non-hydrogen) atoms. The molecule has 0 rings (SSSR count). The molecule has 0 fully saturated rings. The van der Waals surface area contributed by atoms with E-state index < -0.39 is 25.2 Å². The highest BCUT2D eigenvalue weighted by Crippen LogP contribution is 2.26. The van der Waals surface area contributed by atoms with Gasteiger partial charge in [0.05, 0.1) is 0 Å². The van der Waals surface area contributed by atoms with Gasteiger partial charge in [-0.15, -0.1) is 0 Å². The Kier molecular flexibility index (Phi) is 18.5. The zero-order valence-electron chi connectivity index (χ0n) is 17.5. The molecule has 0 aliphatic heterocycles. The summed E-state index contributed by atoms with van der Waals surface area (Å²) in [7, 11) is -1.80. The van der Waals surface area contributed by atoms with Crippen molar-refractivity contribution >= 4 is 25.2 Å². The molecule has 0 aliphatic rings. The molecule has 0 unspecified atom stereocenters. The molecule has 0 radical (unpaired) electrons. The maximum absolute atomic E-state index is 6.63. The van der Waals surface area contributed by atoms with Crippen molar-refractivity contribution in [2.45, 2.75) is 98.3 Å². The Morgan fingerprint density at radius 3 is 1.27 bits per heavy atom. The lowest BCUT2D eigenvalue weighted by Crippen LogP contribution is -2.52. The van der Waals surface area contributed by atoms with Crippen LogP contribution >= 0.6 is 0 Å². The number of hydrogen-bond donors (Lipinski definition) is 0. The van der Waals surface area contributed by atoms with Crippen molar-refractivity contribution in [3.8, 4) is 0 Å². The third kappa shape index (κ3) is 17.9. The van der Waals surface area contributed by atoms with Crippen molar-refractivity contribution < 1.29 is 17.7 Å². The van der Waals surface area contributed by atoms with Crippen LogP contribution in [0.15, 0.2) is 0 Å². The second kappa shape index (κ2) is 15.4. The molecule has 162 valence electrons. The van der Waals surface area contributed by atoms with Crippen molar-refractivity contribution in [1.29, 1.82) is 0 Å². The summed E-state index contributed by atoms with van der Waals surface area (Å²) in [6.45, 7) is 15.5. The van der Waals surface area contributed by atoms with E-state index in [-0.39, 0.29) is 14.9 Å². The van der Waals surface area contributed by atoms with Gasteiger partial charge in [0.15, 0.2) is 16.6 Å². The van der Waals surface area contributed by atoms with Crippen molar-refractivity contribution in [2.24, 2.45) is 0 Å². The largest absolute Gasteiger partial charge is 0.437 e. The van der Waals surface area contributed by atoms with Gasteiger partial charge in [-0.1, -0.05) is 34.1 Å². The summed E-state index contributed by atoms with van der Waals surface area (Å²) in [4.78, 5) is 0. The number of unbranched alkanes of at least 4 members (excludes halogenated alkanes) is 3. The highest BCUT2D eigenvalue weighted by Gasteiger charge is 2.39. The van der Waals surface area contributed by atoms with E-state index in [0.29, 0.717) is 0 Å². The van der Waals surface area contributed by atoms with Crippen LogP contribution in [-0.2, 0) is 17.7 Å². The fraction of sp³-hybridized carbons (Fsp3) is 1.00. The van der Waals surface area contributed by atoms with Crippen LogP contribution in [0.1, 0.15) is 47.0 Å². The molecule has 0 spiro atoms. The number of rotatable bonds is 15. The monoisotopic (exact) mass is 426 g/mol. The molecule has 0 heterocycles. The van der Waals surface area contributed by atoms with E-state index in [1.165, 1.54) is 31.4 Å². The van der Waals surface area contributed by atoms with Gasteiger partial charge in [-0.2, -0.15) is 0 Å². The molecule has 0 amide bonds. The topological polar surface area (TPSA) is 36.9 Å². The second-order valence-electron chi connectivity index (χ2n) is 8.38. The van der Waals surface area contributed by atoms with Crippen molar-refractivity contribution in [3.05, 3.63) is 0 Å². The van der Waals surface area contributed by atoms with Crippen LogP contribution in [-0.4, -0.2) is 52.6 Å². The van der Waals surface area contributed by atoms with Gasteiger partial charge in [0.25, 0.3) is 0 Å². The summed E-state index contributed by atoms with van der Waals surface area (Å²) in [5.41, 5.74) is 0. The Morgan fingerprint density at radius 1 is 0.538 bits per heavy atom. The van der Waals surface area contributed by atoms with E-state index in [4.69, 9.17) is 17.7 Å². The minimum absolute atomic E-state index is 0. The first-order valence-corrected chi connectivity index (χ1v) is 18.5. The fourth-order valence-corrected chi connectivity index (χ4v) is 17.4. The van der Waals surface area contributed by atoms with Crippen LogP contribution in [0.2, 0.25) is 51.4 Å². The molecule has 0 aromatic rings. The van der Waals surface area contributed by atoms with Gasteiger partial charge < -0.3 is 17.7 Å². The van der Waals surface area contributed by atoms with Crippen molar-refractivity contribution in [2.75, 3.05) is 27.4 Å². The van der Waals surface area contributed by atoms with E-state index in [1.807, 2.05) is 0 Å². The predicted octanol–water partition coefficient (Wildman–Crippen LogP) is 6.65. The average Bonchev–Trinajstić information content (AvgIpc) is 2.40. The lowest BCUT2D eigenvalue weighted by atomic mass is 10.3. The quantitative estimate of drug-likeness (QED) is 0.217. The Balaban J connectivity index is -0.00000264. The van der Waals surface area contributed by atoms with Gasteiger partial charge in [0, 0.05) is 27.4 Å². The predicted molar refractivity (Wildman–Crippen MR) is 125 cm³/mol. The third-order valence-corrected chi connectivity index (χ3v) is 15.5. The number of ether oxygens (including phenoxy) is 2. The van der Waals surface area contributed by atoms with Gasteiger partial charge >= 0.3 is 8.56 Å². The van der Waals surface area contributed by atoms with Crippen molar-refractivity contribution in [1.82, 2.24) is 0 Å². The van der Waals surface area contributed by atoms with E-state index >= 15 is 0 Å². The van der Waals surface area contributed by atoms with E-state index in [2.05, 4.69) is 39.3 Å². The Hall–Kier alpha value is 0.491. The van der Waals surface area contributed by atoms with Crippen LogP contribution in [0, 0.1) is 0 Å². The SMILES string of the molecule is C.C.COCCCCC[Si](C)(C)O[Si](C)(C)O[Si](C)(C)CCCCOC. The maximum atomic E-state index is 6.63. The van der Waals surface area contributed by atoms with E-state index in [9.17, 15) is 0 Å². The molecule has 0 aromatic carbocycles. The summed E-state index contributed by atoms with van der Waals surface area (Å²) in [6.07, 6.45) is 5.94. The van der Waals surface area contributed by atoms with E-state index in [1.54, 1.807) is 14.2 Å². The molecule has 0 atom stereocenters. The Labute approximate surface area is 168 Å². The first-order valence-electron chi connectivity index (χ1n) is 9.42. The fourth-order valence-electron chi connectivity index (χ4n) is 3.22. The second-order valence-corrected chi connectivity index (χ2v) is 20.8. The molecule has 7 heteroatoms. The number of hydrogen-bond acceptors (Lipinski definition) is 4. The summed E-state index contributed by atoms with van der Waals surface area (Å²) in [5.74, 6) is 0. The summed E-state index contributed by atoms with van der Waals surface area (Å²) in [5, 5.41) is 0. The van der Waals surface area contributed by atoms with E-state index in [0.717, 1.165) is 26.1 Å². The molecule has 4 nitrogen and oxygen atoms in total.